The summed E-state index contributed by atoms with van der Waals surface area (Å²) >= 11 is 0. The average molecular weight is 237 g/mol. The van der Waals surface area contributed by atoms with E-state index in [0.717, 1.165) is 5.92 Å². The van der Waals surface area contributed by atoms with Crippen LogP contribution < -0.4 is 0 Å². The zero-order valence-electron chi connectivity index (χ0n) is 10.9. The van der Waals surface area contributed by atoms with Crippen molar-refractivity contribution in [2.45, 2.75) is 65.2 Å². The lowest BCUT2D eigenvalue weighted by molar-refractivity contribution is 0.534. The van der Waals surface area contributed by atoms with Gasteiger partial charge in [-0.2, -0.15) is 0 Å². The lowest BCUT2D eigenvalue weighted by Gasteiger charge is -2.11. The summed E-state index contributed by atoms with van der Waals surface area (Å²) in [4.78, 5) is 0. The fourth-order valence-electron chi connectivity index (χ4n) is 2.16. The molecule has 1 aliphatic heterocycles. The first-order valence-corrected chi connectivity index (χ1v) is 7.88. The molecule has 0 aromatic rings. The summed E-state index contributed by atoms with van der Waals surface area (Å²) in [6.07, 6.45) is 15.9. The van der Waals surface area contributed by atoms with Crippen molar-refractivity contribution < 1.29 is 0 Å². The van der Waals surface area contributed by atoms with E-state index in [0.29, 0.717) is 0 Å². The highest BCUT2D eigenvalue weighted by Gasteiger charge is 2.09. The Morgan fingerprint density at radius 1 is 1.06 bits per heavy atom. The maximum atomic E-state index is 2.38. The van der Waals surface area contributed by atoms with Crippen LogP contribution >= 0.6 is 8.58 Å². The first kappa shape index (κ1) is 14.0. The van der Waals surface area contributed by atoms with E-state index in [1.807, 2.05) is 0 Å². The van der Waals surface area contributed by atoms with Gasteiger partial charge in [-0.25, -0.2) is 0 Å². The Hall–Kier alpha value is -0.0900. The summed E-state index contributed by atoms with van der Waals surface area (Å²) < 4.78 is 0. The minimum Gasteiger partial charge on any atom is -0.0654 e. The maximum absolute atomic E-state index is 2.38. The van der Waals surface area contributed by atoms with E-state index >= 15 is 0 Å². The Labute approximate surface area is 103 Å². The summed E-state index contributed by atoms with van der Waals surface area (Å²) in [6.45, 7) is 4.66. The number of hydrogen-bond donors (Lipinski definition) is 0. The van der Waals surface area contributed by atoms with Gasteiger partial charge in [-0.05, 0) is 26.2 Å². The van der Waals surface area contributed by atoms with Gasteiger partial charge in [0.25, 0.3) is 0 Å². The van der Waals surface area contributed by atoms with Crippen molar-refractivity contribution >= 4 is 8.58 Å². The zero-order valence-corrected chi connectivity index (χ0v) is 11.8. The van der Waals surface area contributed by atoms with Crippen molar-refractivity contribution in [2.75, 3.05) is 0 Å². The SMILES string of the molecule is CCCCCCCCCC(C)C1=CC=C[P]1. The van der Waals surface area contributed by atoms with Crippen molar-refractivity contribution in [1.29, 1.82) is 0 Å². The second-order valence-corrected chi connectivity index (χ2v) is 5.95. The molecular formula is C15H26P. The van der Waals surface area contributed by atoms with Gasteiger partial charge >= 0.3 is 0 Å². The number of allylic oxidation sites excluding steroid dienone is 3. The van der Waals surface area contributed by atoms with Crippen LogP contribution in [0.1, 0.15) is 65.2 Å². The van der Waals surface area contributed by atoms with Gasteiger partial charge in [0, 0.05) is 0 Å². The van der Waals surface area contributed by atoms with E-state index in [1.165, 1.54) is 59.9 Å². The third-order valence-electron chi connectivity index (χ3n) is 3.32. The Balaban J connectivity index is 1.91. The Kier molecular flexibility index (Phi) is 7.85. The molecule has 91 valence electrons. The molecule has 0 amide bonds. The standard InChI is InChI=1S/C15H26P/c1-3-4-5-6-7-8-9-11-14(2)15-12-10-13-16-15/h10,12-14H,3-9,11H2,1-2H3. The summed E-state index contributed by atoms with van der Waals surface area (Å²) in [5, 5.41) is 1.62. The minimum absolute atomic E-state index is 0.798. The normalized spacial score (nSPS) is 18.0. The fourth-order valence-corrected chi connectivity index (χ4v) is 3.06. The molecule has 1 heteroatoms. The first-order chi connectivity index (χ1) is 7.84. The topological polar surface area (TPSA) is 0 Å². The van der Waals surface area contributed by atoms with Gasteiger partial charge in [0.05, 0.1) is 0 Å². The molecule has 1 heterocycles. The maximum Gasteiger partial charge on any atom is -0.0179 e. The van der Waals surface area contributed by atoms with Crippen molar-refractivity contribution in [3.05, 3.63) is 23.3 Å². The van der Waals surface area contributed by atoms with Gasteiger partial charge in [0.15, 0.2) is 0 Å². The summed E-state index contributed by atoms with van der Waals surface area (Å²) in [5.41, 5.74) is 0. The number of hydrogen-bond acceptors (Lipinski definition) is 0. The van der Waals surface area contributed by atoms with Crippen LogP contribution in [0.5, 0.6) is 0 Å². The molecule has 0 spiro atoms. The van der Waals surface area contributed by atoms with Gasteiger partial charge in [0.2, 0.25) is 0 Å². The van der Waals surface area contributed by atoms with Gasteiger partial charge in [-0.15, -0.1) is 0 Å². The third kappa shape index (κ3) is 5.85. The predicted octanol–water partition coefficient (Wildman–Crippen LogP) is 6.12. The third-order valence-corrected chi connectivity index (χ3v) is 4.53. The monoisotopic (exact) mass is 237 g/mol. The van der Waals surface area contributed by atoms with Crippen molar-refractivity contribution in [2.24, 2.45) is 5.92 Å². The summed E-state index contributed by atoms with van der Waals surface area (Å²) in [7, 11) is 1.44. The Bertz CT molecular complexity index is 228. The van der Waals surface area contributed by atoms with Crippen LogP contribution in [0.15, 0.2) is 23.3 Å². The molecular weight excluding hydrogens is 211 g/mol. The molecule has 0 bridgehead atoms. The van der Waals surface area contributed by atoms with Gasteiger partial charge in [-0.1, -0.05) is 76.8 Å². The van der Waals surface area contributed by atoms with Crippen molar-refractivity contribution in [3.63, 3.8) is 0 Å². The highest BCUT2D eigenvalue weighted by atomic mass is 31.1. The smallest absolute Gasteiger partial charge is 0.0179 e. The van der Waals surface area contributed by atoms with Crippen LogP contribution in [0.25, 0.3) is 0 Å². The summed E-state index contributed by atoms with van der Waals surface area (Å²) in [6, 6.07) is 0. The Morgan fingerprint density at radius 3 is 2.38 bits per heavy atom. The molecule has 16 heavy (non-hydrogen) atoms. The minimum atomic E-state index is 0.798. The highest BCUT2D eigenvalue weighted by molar-refractivity contribution is 7.47. The van der Waals surface area contributed by atoms with Crippen LogP contribution in [0, 0.1) is 5.92 Å². The lowest BCUT2D eigenvalue weighted by Crippen LogP contribution is -1.94. The predicted molar refractivity (Wildman–Crippen MR) is 75.9 cm³/mol. The van der Waals surface area contributed by atoms with Crippen LogP contribution in [0.4, 0.5) is 0 Å². The average Bonchev–Trinajstić information content (AvgIpc) is 2.81. The molecule has 0 nitrogen and oxygen atoms in total. The quantitative estimate of drug-likeness (QED) is 0.334. The van der Waals surface area contributed by atoms with E-state index in [1.54, 1.807) is 5.31 Å². The van der Waals surface area contributed by atoms with Crippen LogP contribution in [0.2, 0.25) is 0 Å². The molecule has 1 radical (unpaired) electrons. The largest absolute Gasteiger partial charge is 0.0654 e. The number of rotatable bonds is 9. The van der Waals surface area contributed by atoms with Crippen LogP contribution in [-0.4, -0.2) is 0 Å². The number of unbranched alkanes of at least 4 members (excludes halogenated alkanes) is 6. The second-order valence-electron chi connectivity index (χ2n) is 4.87. The van der Waals surface area contributed by atoms with Crippen LogP contribution in [-0.2, 0) is 0 Å². The van der Waals surface area contributed by atoms with Crippen molar-refractivity contribution in [3.8, 4) is 0 Å². The van der Waals surface area contributed by atoms with E-state index in [4.69, 9.17) is 0 Å². The van der Waals surface area contributed by atoms with Crippen molar-refractivity contribution in [1.82, 2.24) is 0 Å². The molecule has 1 atom stereocenters. The Morgan fingerprint density at radius 2 is 1.75 bits per heavy atom. The molecule has 0 N–H and O–H groups in total. The molecule has 0 saturated carbocycles. The van der Waals surface area contributed by atoms with Gasteiger partial charge in [0.1, 0.15) is 0 Å². The molecule has 0 aromatic heterocycles. The zero-order chi connectivity index (χ0) is 11.6. The molecule has 1 aliphatic rings. The van der Waals surface area contributed by atoms with Gasteiger partial charge < -0.3 is 0 Å². The van der Waals surface area contributed by atoms with Gasteiger partial charge in [-0.3, -0.25) is 0 Å². The second kappa shape index (κ2) is 8.99. The summed E-state index contributed by atoms with van der Waals surface area (Å²) in [5.74, 6) is 3.05. The molecule has 0 saturated heterocycles. The molecule has 0 aliphatic carbocycles. The van der Waals surface area contributed by atoms with E-state index < -0.39 is 0 Å². The molecule has 1 rings (SSSR count). The first-order valence-electron chi connectivity index (χ1n) is 6.92. The fraction of sp³-hybridized carbons (Fsp3) is 0.733. The van der Waals surface area contributed by atoms with E-state index in [9.17, 15) is 0 Å². The van der Waals surface area contributed by atoms with Crippen LogP contribution in [0.3, 0.4) is 0 Å². The molecule has 1 unspecified atom stereocenters. The molecule has 0 aromatic carbocycles. The van der Waals surface area contributed by atoms with E-state index in [-0.39, 0.29) is 0 Å². The van der Waals surface area contributed by atoms with E-state index in [2.05, 4.69) is 31.8 Å². The highest BCUT2D eigenvalue weighted by Crippen LogP contribution is 2.37. The lowest BCUT2D eigenvalue weighted by atomic mass is 10.0. The molecule has 0 fully saturated rings.